The number of benzene rings is 1. The van der Waals surface area contributed by atoms with Gasteiger partial charge in [-0.3, -0.25) is 0 Å². The fourth-order valence-corrected chi connectivity index (χ4v) is 5.00. The summed E-state index contributed by atoms with van der Waals surface area (Å²) in [5.74, 6) is 2.46. The molecule has 3 N–H and O–H groups in total. The highest BCUT2D eigenvalue weighted by atomic mass is 32.2. The molecular weight excluding hydrogens is 484 g/mol. The fraction of sp³-hybridized carbons (Fsp3) is 0.458. The summed E-state index contributed by atoms with van der Waals surface area (Å²) in [6, 6.07) is 7.22. The molecule has 1 atom stereocenters. The van der Waals surface area contributed by atoms with Gasteiger partial charge in [-0.05, 0) is 40.0 Å². The summed E-state index contributed by atoms with van der Waals surface area (Å²) in [4.78, 5) is 11.8. The van der Waals surface area contributed by atoms with Crippen LogP contribution in [0.15, 0.2) is 28.8 Å². The standard InChI is InChI=1S/C24H32N6O5S/c1-14-22(21-15(2)28-35-16(21)3)26-23(27-24(14)30-11-18(12-30)29-36(5,32)33)17-7-6-8-20(9-17)34-13-19(31)10-25-4/h6-9,18-19,25,29,31H,10-13H2,1-5H3. The fourth-order valence-electron chi connectivity index (χ4n) is 4.25. The molecule has 0 aliphatic carbocycles. The maximum Gasteiger partial charge on any atom is 0.209 e. The van der Waals surface area contributed by atoms with Crippen LogP contribution in [0.2, 0.25) is 0 Å². The molecule has 194 valence electrons. The average molecular weight is 517 g/mol. The van der Waals surface area contributed by atoms with Gasteiger partial charge in [-0.1, -0.05) is 17.3 Å². The van der Waals surface area contributed by atoms with Crippen LogP contribution in [0.1, 0.15) is 17.0 Å². The Morgan fingerprint density at radius 3 is 2.64 bits per heavy atom. The smallest absolute Gasteiger partial charge is 0.209 e. The third-order valence-electron chi connectivity index (χ3n) is 5.93. The molecule has 0 saturated carbocycles. The van der Waals surface area contributed by atoms with E-state index in [4.69, 9.17) is 19.2 Å². The number of anilines is 1. The molecule has 3 heterocycles. The Kier molecular flexibility index (Phi) is 7.59. The van der Waals surface area contributed by atoms with E-state index in [0.29, 0.717) is 42.7 Å². The van der Waals surface area contributed by atoms with Crippen LogP contribution in [-0.4, -0.2) is 80.3 Å². The lowest BCUT2D eigenvalue weighted by molar-refractivity contribution is 0.108. The van der Waals surface area contributed by atoms with E-state index in [-0.39, 0.29) is 12.6 Å². The van der Waals surface area contributed by atoms with Crippen molar-refractivity contribution >= 4 is 15.8 Å². The number of aromatic nitrogens is 3. The van der Waals surface area contributed by atoms with Crippen LogP contribution in [0.4, 0.5) is 5.82 Å². The van der Waals surface area contributed by atoms with Gasteiger partial charge >= 0.3 is 0 Å². The van der Waals surface area contributed by atoms with Crippen molar-refractivity contribution in [1.82, 2.24) is 25.2 Å². The second kappa shape index (κ2) is 10.5. The van der Waals surface area contributed by atoms with Crippen LogP contribution in [0.5, 0.6) is 5.75 Å². The number of hydrogen-bond acceptors (Lipinski definition) is 10. The highest BCUT2D eigenvalue weighted by molar-refractivity contribution is 7.88. The van der Waals surface area contributed by atoms with Crippen molar-refractivity contribution in [1.29, 1.82) is 0 Å². The predicted molar refractivity (Wildman–Crippen MR) is 137 cm³/mol. The van der Waals surface area contributed by atoms with Crippen LogP contribution < -0.4 is 19.7 Å². The lowest BCUT2D eigenvalue weighted by Gasteiger charge is -2.41. The normalized spacial score (nSPS) is 15.1. The SMILES string of the molecule is CNCC(O)COc1cccc(-c2nc(-c3c(C)noc3C)c(C)c(N3CC(NS(C)(=O)=O)C3)n2)c1. The molecule has 1 unspecified atom stereocenters. The van der Waals surface area contributed by atoms with Crippen LogP contribution in [0.3, 0.4) is 0 Å². The van der Waals surface area contributed by atoms with E-state index in [1.807, 2.05) is 49.9 Å². The molecule has 0 amide bonds. The first kappa shape index (κ1) is 26.0. The summed E-state index contributed by atoms with van der Waals surface area (Å²) in [5.41, 5.74) is 3.85. The Morgan fingerprint density at radius 1 is 1.25 bits per heavy atom. The second-order valence-electron chi connectivity index (χ2n) is 9.09. The van der Waals surface area contributed by atoms with Crippen molar-refractivity contribution in [2.24, 2.45) is 0 Å². The third kappa shape index (κ3) is 5.84. The second-order valence-corrected chi connectivity index (χ2v) is 10.9. The Bertz CT molecular complexity index is 1320. The van der Waals surface area contributed by atoms with Gasteiger partial charge in [0.15, 0.2) is 5.82 Å². The molecule has 2 aromatic heterocycles. The van der Waals surface area contributed by atoms with Gasteiger partial charge in [0.25, 0.3) is 0 Å². The summed E-state index contributed by atoms with van der Waals surface area (Å²) < 4.78 is 37.1. The monoisotopic (exact) mass is 516 g/mol. The lowest BCUT2D eigenvalue weighted by Crippen LogP contribution is -2.59. The van der Waals surface area contributed by atoms with E-state index < -0.39 is 16.1 Å². The Balaban J connectivity index is 1.70. The van der Waals surface area contributed by atoms with Gasteiger partial charge in [0.1, 0.15) is 30.0 Å². The van der Waals surface area contributed by atoms with Crippen molar-refractivity contribution in [2.45, 2.75) is 32.9 Å². The number of aryl methyl sites for hydroxylation is 2. The molecule has 0 bridgehead atoms. The highest BCUT2D eigenvalue weighted by Gasteiger charge is 2.32. The molecule has 11 nitrogen and oxygen atoms in total. The highest BCUT2D eigenvalue weighted by Crippen LogP contribution is 2.36. The summed E-state index contributed by atoms with van der Waals surface area (Å²) >= 11 is 0. The molecule has 36 heavy (non-hydrogen) atoms. The van der Waals surface area contributed by atoms with Crippen molar-refractivity contribution in [2.75, 3.05) is 44.4 Å². The van der Waals surface area contributed by atoms with Crippen LogP contribution in [-0.2, 0) is 10.0 Å². The number of nitrogens with zero attached hydrogens (tertiary/aromatic N) is 4. The summed E-state index contributed by atoms with van der Waals surface area (Å²) in [5, 5.41) is 17.0. The molecule has 3 aromatic rings. The van der Waals surface area contributed by atoms with Crippen LogP contribution >= 0.6 is 0 Å². The first-order chi connectivity index (χ1) is 17.1. The van der Waals surface area contributed by atoms with Gasteiger partial charge in [0.05, 0.1) is 29.2 Å². The lowest BCUT2D eigenvalue weighted by atomic mass is 10.0. The van der Waals surface area contributed by atoms with Gasteiger partial charge in [-0.25, -0.2) is 23.1 Å². The number of nitrogens with one attached hydrogen (secondary N) is 2. The van der Waals surface area contributed by atoms with Gasteiger partial charge in [0.2, 0.25) is 10.0 Å². The zero-order valence-electron chi connectivity index (χ0n) is 21.1. The van der Waals surface area contributed by atoms with E-state index in [2.05, 4.69) is 15.2 Å². The molecule has 1 aromatic carbocycles. The van der Waals surface area contributed by atoms with Crippen molar-refractivity contribution in [3.8, 4) is 28.4 Å². The third-order valence-corrected chi connectivity index (χ3v) is 6.69. The number of sulfonamides is 1. The Morgan fingerprint density at radius 2 is 2.00 bits per heavy atom. The topological polar surface area (TPSA) is 143 Å². The molecule has 4 rings (SSSR count). The molecule has 1 saturated heterocycles. The number of aliphatic hydroxyl groups excluding tert-OH is 1. The van der Waals surface area contributed by atoms with Crippen LogP contribution in [0.25, 0.3) is 22.6 Å². The zero-order chi connectivity index (χ0) is 26.0. The maximum atomic E-state index is 11.6. The summed E-state index contributed by atoms with van der Waals surface area (Å²) in [6.07, 6.45) is 0.526. The first-order valence-corrected chi connectivity index (χ1v) is 13.5. The number of ether oxygens (including phenoxy) is 1. The van der Waals surface area contributed by atoms with E-state index in [9.17, 15) is 13.5 Å². The Hall–Kier alpha value is -3.06. The largest absolute Gasteiger partial charge is 0.491 e. The quantitative estimate of drug-likeness (QED) is 0.362. The first-order valence-electron chi connectivity index (χ1n) is 11.7. The molecule has 1 aliphatic rings. The maximum absolute atomic E-state index is 11.6. The van der Waals surface area contributed by atoms with Crippen molar-refractivity contribution in [3.63, 3.8) is 0 Å². The minimum atomic E-state index is -3.29. The van der Waals surface area contributed by atoms with Crippen molar-refractivity contribution < 1.29 is 22.8 Å². The minimum Gasteiger partial charge on any atom is -0.491 e. The van der Waals surface area contributed by atoms with Gasteiger partial charge < -0.3 is 24.6 Å². The Labute approximate surface area is 210 Å². The van der Waals surface area contributed by atoms with Gasteiger partial charge in [0, 0.05) is 30.8 Å². The molecule has 0 spiro atoms. The average Bonchev–Trinajstić information content (AvgIpc) is 3.13. The van der Waals surface area contributed by atoms with Crippen molar-refractivity contribution in [3.05, 3.63) is 41.3 Å². The molecule has 1 fully saturated rings. The number of likely N-dealkylation sites (N-methyl/N-ethyl adjacent to an activating group) is 1. The van der Waals surface area contributed by atoms with E-state index in [1.54, 1.807) is 7.05 Å². The number of hydrogen-bond donors (Lipinski definition) is 3. The summed E-state index contributed by atoms with van der Waals surface area (Å²) in [6.45, 7) is 7.23. The molecule has 0 radical (unpaired) electrons. The zero-order valence-corrected chi connectivity index (χ0v) is 21.9. The number of rotatable bonds is 10. The minimum absolute atomic E-state index is 0.150. The molecular formula is C24H32N6O5S. The molecule has 12 heteroatoms. The van der Waals surface area contributed by atoms with E-state index in [0.717, 1.165) is 34.5 Å². The summed E-state index contributed by atoms with van der Waals surface area (Å²) in [7, 11) is -1.52. The molecule has 1 aliphatic heterocycles. The predicted octanol–water partition coefficient (Wildman–Crippen LogP) is 1.42. The van der Waals surface area contributed by atoms with Gasteiger partial charge in [-0.2, -0.15) is 0 Å². The van der Waals surface area contributed by atoms with Gasteiger partial charge in [-0.15, -0.1) is 0 Å². The van der Waals surface area contributed by atoms with E-state index in [1.165, 1.54) is 0 Å². The van der Waals surface area contributed by atoms with Crippen LogP contribution in [0, 0.1) is 20.8 Å². The van der Waals surface area contributed by atoms with E-state index >= 15 is 0 Å². The number of aliphatic hydroxyl groups is 1.